The topological polar surface area (TPSA) is 28.2 Å². The standard InChI is InChI=1S/C12H16ClN3/c1-8-2-10(6-15-12(8)13)16-7-9-3-11(16)5-14-4-9/h2,6,9,11,14H,3-5,7H2,1H3/t9-,11-/m1/s1. The second kappa shape index (κ2) is 3.90. The fourth-order valence-electron chi connectivity index (χ4n) is 2.83. The minimum atomic E-state index is 0.615. The van der Waals surface area contributed by atoms with Crippen molar-refractivity contribution in [3.63, 3.8) is 0 Å². The molecule has 2 saturated heterocycles. The molecule has 3 heterocycles. The number of halogens is 1. The lowest BCUT2D eigenvalue weighted by molar-refractivity contribution is 0.434. The van der Waals surface area contributed by atoms with Gasteiger partial charge >= 0.3 is 0 Å². The number of hydrogen-bond acceptors (Lipinski definition) is 3. The first-order valence-corrected chi connectivity index (χ1v) is 6.21. The summed E-state index contributed by atoms with van der Waals surface area (Å²) in [4.78, 5) is 6.71. The molecule has 3 nitrogen and oxygen atoms in total. The van der Waals surface area contributed by atoms with E-state index in [0.29, 0.717) is 11.2 Å². The van der Waals surface area contributed by atoms with Gasteiger partial charge in [0, 0.05) is 19.1 Å². The molecule has 0 aromatic carbocycles. The second-order valence-electron chi connectivity index (χ2n) is 4.87. The summed E-state index contributed by atoms with van der Waals surface area (Å²) in [5.41, 5.74) is 2.28. The molecule has 2 aliphatic heterocycles. The van der Waals surface area contributed by atoms with Gasteiger partial charge in [0.2, 0.25) is 0 Å². The van der Waals surface area contributed by atoms with E-state index in [0.717, 1.165) is 31.1 Å². The Hall–Kier alpha value is -0.800. The zero-order valence-corrected chi connectivity index (χ0v) is 10.2. The number of rotatable bonds is 1. The van der Waals surface area contributed by atoms with Crippen molar-refractivity contribution in [3.8, 4) is 0 Å². The molecule has 0 unspecified atom stereocenters. The Balaban J connectivity index is 1.89. The van der Waals surface area contributed by atoms with Crippen LogP contribution in [-0.4, -0.2) is 30.7 Å². The quantitative estimate of drug-likeness (QED) is 0.756. The van der Waals surface area contributed by atoms with Crippen LogP contribution in [0.25, 0.3) is 0 Å². The highest BCUT2D eigenvalue weighted by Gasteiger charge is 2.35. The first-order chi connectivity index (χ1) is 7.74. The van der Waals surface area contributed by atoms with Gasteiger partial charge < -0.3 is 10.2 Å². The minimum absolute atomic E-state index is 0.615. The van der Waals surface area contributed by atoms with Gasteiger partial charge in [0.15, 0.2) is 0 Å². The molecule has 1 aromatic heterocycles. The summed E-state index contributed by atoms with van der Waals surface area (Å²) in [5, 5.41) is 4.10. The summed E-state index contributed by atoms with van der Waals surface area (Å²) in [6.45, 7) is 5.42. The van der Waals surface area contributed by atoms with Crippen molar-refractivity contribution in [2.75, 3.05) is 24.5 Å². The normalized spacial score (nSPS) is 28.5. The number of fused-ring (bicyclic) bond motifs is 2. The summed E-state index contributed by atoms with van der Waals surface area (Å²) < 4.78 is 0. The van der Waals surface area contributed by atoms with Crippen LogP contribution in [-0.2, 0) is 0 Å². The molecular formula is C12H16ClN3. The van der Waals surface area contributed by atoms with E-state index >= 15 is 0 Å². The Kier molecular flexibility index (Phi) is 2.52. The molecule has 2 aliphatic rings. The molecule has 0 amide bonds. The average molecular weight is 238 g/mol. The zero-order valence-electron chi connectivity index (χ0n) is 9.41. The molecule has 86 valence electrons. The van der Waals surface area contributed by atoms with Crippen LogP contribution < -0.4 is 10.2 Å². The summed E-state index contributed by atoms with van der Waals surface area (Å²) in [5.74, 6) is 0.801. The van der Waals surface area contributed by atoms with E-state index in [1.165, 1.54) is 12.1 Å². The number of aromatic nitrogens is 1. The Morgan fingerprint density at radius 2 is 2.38 bits per heavy atom. The van der Waals surface area contributed by atoms with E-state index in [4.69, 9.17) is 11.6 Å². The van der Waals surface area contributed by atoms with Crippen LogP contribution in [0, 0.1) is 12.8 Å². The van der Waals surface area contributed by atoms with Crippen molar-refractivity contribution in [2.24, 2.45) is 5.92 Å². The molecule has 1 aromatic rings. The largest absolute Gasteiger partial charge is 0.366 e. The van der Waals surface area contributed by atoms with Crippen molar-refractivity contribution in [2.45, 2.75) is 19.4 Å². The SMILES string of the molecule is Cc1cc(N2C[C@H]3CNC[C@H]2C3)cnc1Cl. The maximum Gasteiger partial charge on any atom is 0.132 e. The monoisotopic (exact) mass is 237 g/mol. The summed E-state index contributed by atoms with van der Waals surface area (Å²) in [6, 6.07) is 2.79. The van der Waals surface area contributed by atoms with Crippen LogP contribution in [0.2, 0.25) is 5.15 Å². The summed E-state index contributed by atoms with van der Waals surface area (Å²) in [6.07, 6.45) is 3.21. The predicted octanol–water partition coefficient (Wildman–Crippen LogP) is 1.84. The average Bonchev–Trinajstić information content (AvgIpc) is 2.58. The van der Waals surface area contributed by atoms with Crippen molar-refractivity contribution in [1.29, 1.82) is 0 Å². The van der Waals surface area contributed by atoms with Crippen LogP contribution >= 0.6 is 11.6 Å². The Bertz CT molecular complexity index is 407. The van der Waals surface area contributed by atoms with Gasteiger partial charge in [0.25, 0.3) is 0 Å². The van der Waals surface area contributed by atoms with E-state index in [1.54, 1.807) is 0 Å². The third-order valence-electron chi connectivity index (χ3n) is 3.65. The lowest BCUT2D eigenvalue weighted by atomic mass is 10.0. The molecule has 4 heteroatoms. The minimum Gasteiger partial charge on any atom is -0.366 e. The van der Waals surface area contributed by atoms with Gasteiger partial charge in [-0.05, 0) is 37.4 Å². The number of piperidine rings is 1. The highest BCUT2D eigenvalue weighted by molar-refractivity contribution is 6.30. The number of nitrogens with one attached hydrogen (secondary N) is 1. The van der Waals surface area contributed by atoms with Gasteiger partial charge in [-0.25, -0.2) is 4.98 Å². The fraction of sp³-hybridized carbons (Fsp3) is 0.583. The molecular weight excluding hydrogens is 222 g/mol. The second-order valence-corrected chi connectivity index (χ2v) is 5.23. The third-order valence-corrected chi connectivity index (χ3v) is 4.04. The van der Waals surface area contributed by atoms with Crippen LogP contribution in [0.3, 0.4) is 0 Å². The molecule has 1 N–H and O–H groups in total. The van der Waals surface area contributed by atoms with Gasteiger partial charge in [-0.3, -0.25) is 0 Å². The molecule has 0 aliphatic carbocycles. The highest BCUT2D eigenvalue weighted by Crippen LogP contribution is 2.31. The molecule has 0 saturated carbocycles. The number of nitrogens with zero attached hydrogens (tertiary/aromatic N) is 2. The summed E-state index contributed by atoms with van der Waals surface area (Å²) in [7, 11) is 0. The molecule has 2 bridgehead atoms. The molecule has 0 radical (unpaired) electrons. The van der Waals surface area contributed by atoms with Gasteiger partial charge in [-0.15, -0.1) is 0 Å². The van der Waals surface area contributed by atoms with Crippen LogP contribution in [0.1, 0.15) is 12.0 Å². The van der Waals surface area contributed by atoms with E-state index < -0.39 is 0 Å². The van der Waals surface area contributed by atoms with E-state index in [9.17, 15) is 0 Å². The Morgan fingerprint density at radius 1 is 1.50 bits per heavy atom. The van der Waals surface area contributed by atoms with E-state index in [2.05, 4.69) is 21.3 Å². The van der Waals surface area contributed by atoms with E-state index in [-0.39, 0.29) is 0 Å². The molecule has 16 heavy (non-hydrogen) atoms. The van der Waals surface area contributed by atoms with Crippen LogP contribution in [0.4, 0.5) is 5.69 Å². The van der Waals surface area contributed by atoms with Gasteiger partial charge in [-0.2, -0.15) is 0 Å². The maximum absolute atomic E-state index is 5.96. The van der Waals surface area contributed by atoms with Gasteiger partial charge in [0.1, 0.15) is 5.15 Å². The number of aryl methyl sites for hydroxylation is 1. The van der Waals surface area contributed by atoms with Crippen molar-refractivity contribution >= 4 is 17.3 Å². The number of pyridine rings is 1. The van der Waals surface area contributed by atoms with Gasteiger partial charge in [-0.1, -0.05) is 11.6 Å². The van der Waals surface area contributed by atoms with Crippen molar-refractivity contribution < 1.29 is 0 Å². The molecule has 0 spiro atoms. The first-order valence-electron chi connectivity index (χ1n) is 5.83. The van der Waals surface area contributed by atoms with Crippen LogP contribution in [0.5, 0.6) is 0 Å². The highest BCUT2D eigenvalue weighted by atomic mass is 35.5. The fourth-order valence-corrected chi connectivity index (χ4v) is 2.93. The Labute approximate surface area is 101 Å². The smallest absolute Gasteiger partial charge is 0.132 e. The lowest BCUT2D eigenvalue weighted by Gasteiger charge is -2.26. The first kappa shape index (κ1) is 10.4. The van der Waals surface area contributed by atoms with Crippen molar-refractivity contribution in [1.82, 2.24) is 10.3 Å². The zero-order chi connectivity index (χ0) is 11.1. The van der Waals surface area contributed by atoms with Gasteiger partial charge in [0.05, 0.1) is 11.9 Å². The van der Waals surface area contributed by atoms with E-state index in [1.807, 2.05) is 13.1 Å². The number of hydrogen-bond donors (Lipinski definition) is 1. The third kappa shape index (κ3) is 1.68. The molecule has 3 rings (SSSR count). The lowest BCUT2D eigenvalue weighted by Crippen LogP contribution is -2.39. The molecule has 2 fully saturated rings. The summed E-state index contributed by atoms with van der Waals surface area (Å²) >= 11 is 5.96. The van der Waals surface area contributed by atoms with Crippen molar-refractivity contribution in [3.05, 3.63) is 23.0 Å². The van der Waals surface area contributed by atoms with Crippen LogP contribution in [0.15, 0.2) is 12.3 Å². The predicted molar refractivity (Wildman–Crippen MR) is 66.1 cm³/mol. The Morgan fingerprint density at radius 3 is 3.12 bits per heavy atom. The maximum atomic E-state index is 5.96. The molecule has 2 atom stereocenters. The number of anilines is 1.